The fourth-order valence-electron chi connectivity index (χ4n) is 2.63. The quantitative estimate of drug-likeness (QED) is 0.728. The van der Waals surface area contributed by atoms with Gasteiger partial charge in [-0.05, 0) is 44.4 Å². The Morgan fingerprint density at radius 1 is 1.08 bits per heavy atom. The molecule has 0 radical (unpaired) electrons. The van der Waals surface area contributed by atoms with Gasteiger partial charge in [-0.25, -0.2) is 0 Å². The van der Waals surface area contributed by atoms with E-state index in [0.29, 0.717) is 12.0 Å². The molecular formula is C11H20O2. The molecule has 1 heterocycles. The average molecular weight is 184 g/mol. The maximum Gasteiger partial charge on any atom is 0.0576 e. The van der Waals surface area contributed by atoms with Gasteiger partial charge in [0.1, 0.15) is 0 Å². The summed E-state index contributed by atoms with van der Waals surface area (Å²) in [4.78, 5) is 0. The van der Waals surface area contributed by atoms with Gasteiger partial charge in [0.15, 0.2) is 0 Å². The van der Waals surface area contributed by atoms with Crippen molar-refractivity contribution in [3.63, 3.8) is 0 Å². The van der Waals surface area contributed by atoms with Crippen LogP contribution in [0, 0.1) is 5.92 Å². The van der Waals surface area contributed by atoms with E-state index in [2.05, 4.69) is 0 Å². The molecule has 2 rings (SSSR count). The summed E-state index contributed by atoms with van der Waals surface area (Å²) in [5.74, 6) is 0.573. The molecule has 3 unspecified atom stereocenters. The van der Waals surface area contributed by atoms with Crippen molar-refractivity contribution in [1.29, 1.82) is 0 Å². The number of hydrogen-bond acceptors (Lipinski definition) is 2. The van der Waals surface area contributed by atoms with Crippen molar-refractivity contribution in [2.45, 2.75) is 57.2 Å². The molecular weight excluding hydrogens is 164 g/mol. The number of aliphatic hydroxyl groups is 1. The fraction of sp³-hybridized carbons (Fsp3) is 1.00. The van der Waals surface area contributed by atoms with Gasteiger partial charge in [0.25, 0.3) is 0 Å². The van der Waals surface area contributed by atoms with Crippen molar-refractivity contribution in [1.82, 2.24) is 0 Å². The molecule has 1 aliphatic heterocycles. The number of aliphatic hydroxyl groups excluding tert-OH is 1. The van der Waals surface area contributed by atoms with E-state index >= 15 is 0 Å². The number of hydrogen-bond donors (Lipinski definition) is 1. The summed E-state index contributed by atoms with van der Waals surface area (Å²) < 4.78 is 5.57. The molecule has 1 N–H and O–H groups in total. The summed E-state index contributed by atoms with van der Waals surface area (Å²) in [6, 6.07) is 0. The lowest BCUT2D eigenvalue weighted by Crippen LogP contribution is -2.15. The second-order valence-electron chi connectivity index (χ2n) is 4.47. The lowest BCUT2D eigenvalue weighted by Gasteiger charge is -2.16. The first kappa shape index (κ1) is 9.47. The number of rotatable bonds is 3. The first-order chi connectivity index (χ1) is 6.36. The molecule has 1 saturated carbocycles. The third kappa shape index (κ3) is 2.44. The van der Waals surface area contributed by atoms with Crippen LogP contribution in [0.1, 0.15) is 44.9 Å². The van der Waals surface area contributed by atoms with E-state index in [4.69, 9.17) is 4.74 Å². The first-order valence-electron chi connectivity index (χ1n) is 5.66. The zero-order valence-corrected chi connectivity index (χ0v) is 8.24. The summed E-state index contributed by atoms with van der Waals surface area (Å²) in [5.41, 5.74) is 0. The molecule has 2 fully saturated rings. The monoisotopic (exact) mass is 184 g/mol. The SMILES string of the molecule is OC1CCCC1CCC1CCCO1. The van der Waals surface area contributed by atoms with Crippen LogP contribution in [0.2, 0.25) is 0 Å². The minimum Gasteiger partial charge on any atom is -0.393 e. The van der Waals surface area contributed by atoms with Gasteiger partial charge < -0.3 is 9.84 Å². The summed E-state index contributed by atoms with van der Waals surface area (Å²) in [7, 11) is 0. The largest absolute Gasteiger partial charge is 0.393 e. The van der Waals surface area contributed by atoms with Crippen molar-refractivity contribution < 1.29 is 9.84 Å². The van der Waals surface area contributed by atoms with Gasteiger partial charge >= 0.3 is 0 Å². The molecule has 2 heteroatoms. The van der Waals surface area contributed by atoms with E-state index in [-0.39, 0.29) is 6.10 Å². The normalized spacial score (nSPS) is 39.9. The Bertz CT molecular complexity index is 152. The fourth-order valence-corrected chi connectivity index (χ4v) is 2.63. The molecule has 2 nitrogen and oxygen atoms in total. The minimum atomic E-state index is -0.0126. The highest BCUT2D eigenvalue weighted by Crippen LogP contribution is 2.31. The molecule has 0 spiro atoms. The smallest absolute Gasteiger partial charge is 0.0576 e. The van der Waals surface area contributed by atoms with Crippen molar-refractivity contribution >= 4 is 0 Å². The Morgan fingerprint density at radius 2 is 2.00 bits per heavy atom. The van der Waals surface area contributed by atoms with Crippen LogP contribution in [0.4, 0.5) is 0 Å². The van der Waals surface area contributed by atoms with E-state index in [0.717, 1.165) is 13.0 Å². The molecule has 0 aromatic carbocycles. The van der Waals surface area contributed by atoms with Crippen molar-refractivity contribution in [3.05, 3.63) is 0 Å². The highest BCUT2D eigenvalue weighted by atomic mass is 16.5. The van der Waals surface area contributed by atoms with Gasteiger partial charge in [0.2, 0.25) is 0 Å². The van der Waals surface area contributed by atoms with Crippen molar-refractivity contribution in [2.75, 3.05) is 6.61 Å². The zero-order chi connectivity index (χ0) is 9.10. The van der Waals surface area contributed by atoms with Gasteiger partial charge in [0.05, 0.1) is 12.2 Å². The molecule has 0 aromatic rings. The van der Waals surface area contributed by atoms with Crippen LogP contribution in [0.5, 0.6) is 0 Å². The zero-order valence-electron chi connectivity index (χ0n) is 8.24. The Balaban J connectivity index is 1.66. The van der Waals surface area contributed by atoms with Crippen LogP contribution in [-0.2, 0) is 4.74 Å². The topological polar surface area (TPSA) is 29.5 Å². The van der Waals surface area contributed by atoms with E-state index < -0.39 is 0 Å². The third-order valence-corrected chi connectivity index (χ3v) is 3.50. The van der Waals surface area contributed by atoms with Crippen LogP contribution in [-0.4, -0.2) is 23.9 Å². The molecule has 1 aliphatic carbocycles. The van der Waals surface area contributed by atoms with E-state index in [1.165, 1.54) is 38.5 Å². The molecule has 3 atom stereocenters. The predicted molar refractivity (Wildman–Crippen MR) is 51.6 cm³/mol. The van der Waals surface area contributed by atoms with Crippen LogP contribution >= 0.6 is 0 Å². The van der Waals surface area contributed by atoms with Gasteiger partial charge in [-0.2, -0.15) is 0 Å². The van der Waals surface area contributed by atoms with E-state index in [1.54, 1.807) is 0 Å². The molecule has 0 aromatic heterocycles. The molecule has 76 valence electrons. The van der Waals surface area contributed by atoms with Gasteiger partial charge in [-0.1, -0.05) is 6.42 Å². The maximum absolute atomic E-state index is 9.62. The molecule has 2 aliphatic rings. The highest BCUT2D eigenvalue weighted by Gasteiger charge is 2.26. The third-order valence-electron chi connectivity index (χ3n) is 3.50. The Hall–Kier alpha value is -0.0800. The van der Waals surface area contributed by atoms with Crippen LogP contribution in [0.15, 0.2) is 0 Å². The molecule has 13 heavy (non-hydrogen) atoms. The van der Waals surface area contributed by atoms with Crippen LogP contribution in [0.25, 0.3) is 0 Å². The van der Waals surface area contributed by atoms with Gasteiger partial charge in [-0.15, -0.1) is 0 Å². The Labute approximate surface area is 80.3 Å². The highest BCUT2D eigenvalue weighted by molar-refractivity contribution is 4.78. The summed E-state index contributed by atoms with van der Waals surface area (Å²) >= 11 is 0. The average Bonchev–Trinajstić information content (AvgIpc) is 2.72. The molecule has 1 saturated heterocycles. The van der Waals surface area contributed by atoms with Crippen LogP contribution < -0.4 is 0 Å². The van der Waals surface area contributed by atoms with Crippen molar-refractivity contribution in [2.24, 2.45) is 5.92 Å². The summed E-state index contributed by atoms with van der Waals surface area (Å²) in [6.45, 7) is 0.956. The van der Waals surface area contributed by atoms with Gasteiger partial charge in [-0.3, -0.25) is 0 Å². The van der Waals surface area contributed by atoms with E-state index in [1.807, 2.05) is 0 Å². The second kappa shape index (κ2) is 4.43. The minimum absolute atomic E-state index is 0.0126. The first-order valence-corrected chi connectivity index (χ1v) is 5.66. The second-order valence-corrected chi connectivity index (χ2v) is 4.47. The lowest BCUT2D eigenvalue weighted by atomic mass is 9.97. The maximum atomic E-state index is 9.62. The van der Waals surface area contributed by atoms with Gasteiger partial charge in [0, 0.05) is 6.61 Å². The summed E-state index contributed by atoms with van der Waals surface area (Å²) in [6.07, 6.45) is 8.78. The lowest BCUT2D eigenvalue weighted by molar-refractivity contribution is 0.0813. The standard InChI is InChI=1S/C11H20O2/c12-11-5-1-3-9(11)6-7-10-4-2-8-13-10/h9-12H,1-8H2. The number of ether oxygens (including phenoxy) is 1. The molecule has 0 amide bonds. The van der Waals surface area contributed by atoms with Crippen molar-refractivity contribution in [3.8, 4) is 0 Å². The predicted octanol–water partition coefficient (Wildman–Crippen LogP) is 2.11. The summed E-state index contributed by atoms with van der Waals surface area (Å²) in [5, 5.41) is 9.62. The molecule has 0 bridgehead atoms. The van der Waals surface area contributed by atoms with E-state index in [9.17, 15) is 5.11 Å². The Kier molecular flexibility index (Phi) is 3.23. The Morgan fingerprint density at radius 3 is 2.62 bits per heavy atom. The van der Waals surface area contributed by atoms with Crippen LogP contribution in [0.3, 0.4) is 0 Å².